The monoisotopic (exact) mass is 530 g/mol. The van der Waals surface area contributed by atoms with Crippen LogP contribution < -0.4 is 9.64 Å². The lowest BCUT2D eigenvalue weighted by Crippen LogP contribution is -2.44. The summed E-state index contributed by atoms with van der Waals surface area (Å²) in [7, 11) is 2.20. The molecule has 7 nitrogen and oxygen atoms in total. The number of halogens is 1. The van der Waals surface area contributed by atoms with Gasteiger partial charge in [-0.15, -0.1) is 0 Å². The molecule has 1 fully saturated rings. The largest absolute Gasteiger partial charge is 0.494 e. The number of hydrogen-bond acceptors (Lipinski definition) is 6. The van der Waals surface area contributed by atoms with E-state index in [1.165, 1.54) is 54.8 Å². The van der Waals surface area contributed by atoms with Crippen LogP contribution in [0.1, 0.15) is 35.7 Å². The van der Waals surface area contributed by atoms with Gasteiger partial charge in [-0.2, -0.15) is 0 Å². The van der Waals surface area contributed by atoms with E-state index in [-0.39, 0.29) is 6.04 Å². The molecule has 0 radical (unpaired) electrons. The summed E-state index contributed by atoms with van der Waals surface area (Å²) >= 11 is 6.36. The van der Waals surface area contributed by atoms with Crippen LogP contribution in [-0.2, 0) is 6.42 Å². The first-order valence-electron chi connectivity index (χ1n) is 13.6. The summed E-state index contributed by atoms with van der Waals surface area (Å²) in [5, 5.41) is 1.96. The standard InChI is InChI=1S/C30H35ClN6O/c1-35-16-18-36(19-17-35)14-2-3-20-38-24-8-5-22(6-9-24)29-28-25(26-21-23(31)7-10-27(26)34-28)11-15-37(29)30-32-12-4-13-33-30/h4-10,12-13,21,29,34H,2-3,11,14-20H2,1H3. The Morgan fingerprint density at radius 1 is 0.974 bits per heavy atom. The second kappa shape index (κ2) is 11.3. The predicted octanol–water partition coefficient (Wildman–Crippen LogP) is 5.17. The van der Waals surface area contributed by atoms with Gasteiger partial charge < -0.3 is 24.4 Å². The SMILES string of the molecule is CN1CCN(CCCCOc2ccc(C3c4[nH]c5ccc(Cl)cc5c4CCN3c3ncccn3)cc2)CC1. The number of aromatic amines is 1. The van der Waals surface area contributed by atoms with Crippen LogP contribution in [0.2, 0.25) is 5.02 Å². The number of H-pyrrole nitrogens is 1. The molecule has 4 aromatic rings. The number of benzene rings is 2. The van der Waals surface area contributed by atoms with E-state index in [9.17, 15) is 0 Å². The molecule has 8 heteroatoms. The van der Waals surface area contributed by atoms with Crippen molar-refractivity contribution < 1.29 is 4.74 Å². The minimum absolute atomic E-state index is 0.0232. The second-order valence-corrected chi connectivity index (χ2v) is 10.8. The molecule has 6 rings (SSSR count). The molecular weight excluding hydrogens is 496 g/mol. The highest BCUT2D eigenvalue weighted by molar-refractivity contribution is 6.31. The van der Waals surface area contributed by atoms with E-state index in [4.69, 9.17) is 16.3 Å². The van der Waals surface area contributed by atoms with Gasteiger partial charge in [0.1, 0.15) is 5.75 Å². The number of likely N-dealkylation sites (N-methyl/N-ethyl adjacent to an activating group) is 1. The zero-order valence-electron chi connectivity index (χ0n) is 21.9. The topological polar surface area (TPSA) is 60.5 Å². The number of rotatable bonds is 8. The third-order valence-corrected chi connectivity index (χ3v) is 8.06. The van der Waals surface area contributed by atoms with E-state index in [2.05, 4.69) is 73.1 Å². The van der Waals surface area contributed by atoms with E-state index >= 15 is 0 Å². The van der Waals surface area contributed by atoms with Gasteiger partial charge in [0.2, 0.25) is 5.95 Å². The molecule has 0 saturated carbocycles. The van der Waals surface area contributed by atoms with Crippen LogP contribution in [0.15, 0.2) is 60.9 Å². The van der Waals surface area contributed by atoms with E-state index in [0.29, 0.717) is 0 Å². The van der Waals surface area contributed by atoms with Crippen molar-refractivity contribution in [2.75, 3.05) is 57.8 Å². The van der Waals surface area contributed by atoms with Crippen molar-refractivity contribution in [1.29, 1.82) is 0 Å². The van der Waals surface area contributed by atoms with E-state index in [1.54, 1.807) is 12.4 Å². The molecule has 0 amide bonds. The van der Waals surface area contributed by atoms with Gasteiger partial charge in [0.15, 0.2) is 0 Å². The summed E-state index contributed by atoms with van der Waals surface area (Å²) < 4.78 is 6.11. The zero-order valence-corrected chi connectivity index (χ0v) is 22.7. The first-order chi connectivity index (χ1) is 18.7. The molecule has 2 aliphatic rings. The number of fused-ring (bicyclic) bond motifs is 3. The van der Waals surface area contributed by atoms with Crippen LogP contribution in [0.3, 0.4) is 0 Å². The molecule has 2 aromatic heterocycles. The molecule has 2 aromatic carbocycles. The number of anilines is 1. The van der Waals surface area contributed by atoms with Gasteiger partial charge in [0.05, 0.1) is 12.6 Å². The lowest BCUT2D eigenvalue weighted by molar-refractivity contribution is 0.150. The number of unbranched alkanes of at least 4 members (excludes halogenated alkanes) is 1. The van der Waals surface area contributed by atoms with E-state index in [1.807, 2.05) is 12.1 Å². The summed E-state index contributed by atoms with van der Waals surface area (Å²) in [4.78, 5) is 20.1. The summed E-state index contributed by atoms with van der Waals surface area (Å²) in [6.45, 7) is 7.43. The van der Waals surface area contributed by atoms with Crippen molar-refractivity contribution in [2.24, 2.45) is 0 Å². The Bertz CT molecular complexity index is 1350. The van der Waals surface area contributed by atoms with Crippen LogP contribution in [0.25, 0.3) is 10.9 Å². The van der Waals surface area contributed by atoms with Crippen LogP contribution in [-0.4, -0.2) is 77.7 Å². The number of hydrogen-bond donors (Lipinski definition) is 1. The summed E-state index contributed by atoms with van der Waals surface area (Å²) in [5.74, 6) is 1.65. The molecule has 0 spiro atoms. The maximum atomic E-state index is 6.36. The number of nitrogens with one attached hydrogen (secondary N) is 1. The van der Waals surface area contributed by atoms with Crippen LogP contribution >= 0.6 is 11.6 Å². The Kier molecular flexibility index (Phi) is 7.49. The van der Waals surface area contributed by atoms with Gasteiger partial charge in [-0.1, -0.05) is 23.7 Å². The molecule has 1 atom stereocenters. The summed E-state index contributed by atoms with van der Waals surface area (Å²) in [5.41, 5.74) is 4.79. The van der Waals surface area contributed by atoms with Crippen molar-refractivity contribution in [2.45, 2.75) is 25.3 Å². The third kappa shape index (κ3) is 5.37. The van der Waals surface area contributed by atoms with Crippen LogP contribution in [0.4, 0.5) is 5.95 Å². The Morgan fingerprint density at radius 3 is 2.55 bits per heavy atom. The fraction of sp³-hybridized carbons (Fsp3) is 0.400. The minimum Gasteiger partial charge on any atom is -0.494 e. The fourth-order valence-corrected chi connectivity index (χ4v) is 5.88. The fourth-order valence-electron chi connectivity index (χ4n) is 5.71. The first-order valence-corrected chi connectivity index (χ1v) is 14.0. The van der Waals surface area contributed by atoms with Crippen molar-refractivity contribution in [3.05, 3.63) is 82.8 Å². The number of nitrogens with zero attached hydrogens (tertiary/aromatic N) is 5. The summed E-state index contributed by atoms with van der Waals surface area (Å²) in [6, 6.07) is 16.4. The second-order valence-electron chi connectivity index (χ2n) is 10.4. The van der Waals surface area contributed by atoms with E-state index in [0.717, 1.165) is 54.8 Å². The lowest BCUT2D eigenvalue weighted by atomic mass is 9.92. The third-order valence-electron chi connectivity index (χ3n) is 7.83. The Morgan fingerprint density at radius 2 is 1.76 bits per heavy atom. The molecule has 38 heavy (non-hydrogen) atoms. The molecule has 4 heterocycles. The Balaban J connectivity index is 1.17. The minimum atomic E-state index is -0.0232. The zero-order chi connectivity index (χ0) is 25.9. The van der Waals surface area contributed by atoms with Crippen LogP contribution in [0.5, 0.6) is 5.75 Å². The van der Waals surface area contributed by atoms with Gasteiger partial charge in [-0.05, 0) is 80.4 Å². The van der Waals surface area contributed by atoms with Crippen molar-refractivity contribution in [3.63, 3.8) is 0 Å². The highest BCUT2D eigenvalue weighted by Gasteiger charge is 2.33. The van der Waals surface area contributed by atoms with Gasteiger partial charge in [-0.25, -0.2) is 9.97 Å². The lowest BCUT2D eigenvalue weighted by Gasteiger charge is -2.36. The smallest absolute Gasteiger partial charge is 0.226 e. The van der Waals surface area contributed by atoms with Gasteiger partial charge in [-0.3, -0.25) is 0 Å². The van der Waals surface area contributed by atoms with E-state index < -0.39 is 0 Å². The first kappa shape index (κ1) is 25.2. The molecule has 2 aliphatic heterocycles. The quantitative estimate of drug-likeness (QED) is 0.317. The average molecular weight is 531 g/mol. The van der Waals surface area contributed by atoms with Gasteiger partial charge in [0.25, 0.3) is 0 Å². The Hall–Kier alpha value is -3.13. The van der Waals surface area contributed by atoms with Crippen LogP contribution in [0, 0.1) is 0 Å². The number of aromatic nitrogens is 3. The number of ether oxygens (including phenoxy) is 1. The molecule has 0 bridgehead atoms. The molecular formula is C30H35ClN6O. The van der Waals surface area contributed by atoms with Crippen molar-refractivity contribution >= 4 is 28.5 Å². The highest BCUT2D eigenvalue weighted by atomic mass is 35.5. The number of piperazine rings is 1. The average Bonchev–Trinajstić information content (AvgIpc) is 3.32. The van der Waals surface area contributed by atoms with Gasteiger partial charge >= 0.3 is 0 Å². The normalized spacial score (nSPS) is 18.6. The predicted molar refractivity (Wildman–Crippen MR) is 153 cm³/mol. The Labute approximate surface area is 229 Å². The maximum Gasteiger partial charge on any atom is 0.226 e. The van der Waals surface area contributed by atoms with Gasteiger partial charge in [0, 0.05) is 66.7 Å². The van der Waals surface area contributed by atoms with Crippen molar-refractivity contribution in [1.82, 2.24) is 24.8 Å². The summed E-state index contributed by atoms with van der Waals surface area (Å²) in [6.07, 6.45) is 6.75. The molecule has 1 N–H and O–H groups in total. The molecule has 1 saturated heterocycles. The van der Waals surface area contributed by atoms with Crippen molar-refractivity contribution in [3.8, 4) is 5.75 Å². The molecule has 1 unspecified atom stereocenters. The molecule has 198 valence electrons. The maximum absolute atomic E-state index is 6.36. The highest BCUT2D eigenvalue weighted by Crippen LogP contribution is 2.40. The molecule has 0 aliphatic carbocycles.